The molecule has 1 aromatic carbocycles. The highest BCUT2D eigenvalue weighted by atomic mass is 127. The van der Waals surface area contributed by atoms with E-state index in [0.717, 1.165) is 25.6 Å². The number of carbonyl (C=O) groups excluding carboxylic acids is 1. The Hall–Kier alpha value is -2.03. The molecule has 4 rings (SSSR count). The molecule has 1 amide bonds. The van der Waals surface area contributed by atoms with Crippen LogP contribution in [0.5, 0.6) is 0 Å². The van der Waals surface area contributed by atoms with Gasteiger partial charge in [-0.05, 0) is 43.0 Å². The van der Waals surface area contributed by atoms with E-state index >= 15 is 0 Å². The Morgan fingerprint density at radius 1 is 1.10 bits per heavy atom. The van der Waals surface area contributed by atoms with Crippen molar-refractivity contribution in [2.24, 2.45) is 4.99 Å². The summed E-state index contributed by atoms with van der Waals surface area (Å²) in [6.45, 7) is 5.97. The van der Waals surface area contributed by atoms with Gasteiger partial charge >= 0.3 is 0 Å². The van der Waals surface area contributed by atoms with Crippen LogP contribution in [0.3, 0.4) is 0 Å². The molecule has 2 heterocycles. The first-order valence-electron chi connectivity index (χ1n) is 9.97. The molecule has 0 spiro atoms. The second kappa shape index (κ2) is 9.19. The van der Waals surface area contributed by atoms with Gasteiger partial charge in [0.15, 0.2) is 11.7 Å². The van der Waals surface area contributed by atoms with Crippen molar-refractivity contribution in [3.8, 4) is 0 Å². The van der Waals surface area contributed by atoms with Crippen LogP contribution in [0.4, 0.5) is 0 Å². The summed E-state index contributed by atoms with van der Waals surface area (Å²) in [5, 5.41) is 3.59. The van der Waals surface area contributed by atoms with Crippen LogP contribution in [0.25, 0.3) is 0 Å². The zero-order valence-corrected chi connectivity index (χ0v) is 19.4. The summed E-state index contributed by atoms with van der Waals surface area (Å²) in [4.78, 5) is 21.0. The highest BCUT2D eigenvalue weighted by molar-refractivity contribution is 14.0. The summed E-state index contributed by atoms with van der Waals surface area (Å²) in [6, 6.07) is 12.1. The lowest BCUT2D eigenvalue weighted by Crippen LogP contribution is -2.54. The molecule has 1 aliphatic heterocycles. The van der Waals surface area contributed by atoms with Gasteiger partial charge in [-0.25, -0.2) is 0 Å². The van der Waals surface area contributed by atoms with Crippen LogP contribution in [-0.2, 0) is 5.41 Å². The summed E-state index contributed by atoms with van der Waals surface area (Å²) in [7, 11) is 1.83. The average Bonchev–Trinajstić information content (AvgIpc) is 3.30. The minimum Gasteiger partial charge on any atom is -0.459 e. The molecule has 1 aromatic heterocycles. The van der Waals surface area contributed by atoms with Crippen molar-refractivity contribution in [1.82, 2.24) is 15.1 Å². The largest absolute Gasteiger partial charge is 0.459 e. The molecular weight excluding hydrogens is 479 g/mol. The number of furan rings is 1. The Morgan fingerprint density at radius 3 is 2.38 bits per heavy atom. The highest BCUT2D eigenvalue weighted by Gasteiger charge is 2.45. The van der Waals surface area contributed by atoms with Gasteiger partial charge in [0, 0.05) is 45.2 Å². The number of benzene rings is 1. The number of nitrogens with one attached hydrogen (secondary N) is 1. The molecule has 2 fully saturated rings. The van der Waals surface area contributed by atoms with Crippen LogP contribution in [0.2, 0.25) is 0 Å². The average molecular weight is 508 g/mol. The van der Waals surface area contributed by atoms with Gasteiger partial charge < -0.3 is 19.5 Å². The van der Waals surface area contributed by atoms with E-state index in [0.29, 0.717) is 18.8 Å². The fourth-order valence-corrected chi connectivity index (χ4v) is 4.12. The third-order valence-corrected chi connectivity index (χ3v) is 5.97. The Kier molecular flexibility index (Phi) is 6.87. The number of piperazine rings is 1. The van der Waals surface area contributed by atoms with Crippen LogP contribution >= 0.6 is 24.0 Å². The summed E-state index contributed by atoms with van der Waals surface area (Å²) >= 11 is 0. The normalized spacial score (nSPS) is 18.2. The number of hydrogen-bond acceptors (Lipinski definition) is 3. The number of hydrogen-bond donors (Lipinski definition) is 1. The zero-order valence-electron chi connectivity index (χ0n) is 17.1. The fraction of sp³-hybridized carbons (Fsp3) is 0.455. The van der Waals surface area contributed by atoms with E-state index in [1.54, 1.807) is 12.1 Å². The molecule has 2 aliphatic rings. The van der Waals surface area contributed by atoms with Gasteiger partial charge in [0.05, 0.1) is 6.26 Å². The van der Waals surface area contributed by atoms with Crippen molar-refractivity contribution in [2.45, 2.75) is 25.2 Å². The second-order valence-electron chi connectivity index (χ2n) is 7.75. The zero-order chi connectivity index (χ0) is 19.6. The highest BCUT2D eigenvalue weighted by Crippen LogP contribution is 2.48. The number of halogens is 1. The van der Waals surface area contributed by atoms with Crippen LogP contribution in [-0.4, -0.2) is 61.4 Å². The predicted molar refractivity (Wildman–Crippen MR) is 125 cm³/mol. The van der Waals surface area contributed by atoms with Gasteiger partial charge in [-0.3, -0.25) is 9.79 Å². The maximum absolute atomic E-state index is 12.4. The predicted octanol–water partition coefficient (Wildman–Crippen LogP) is 3.27. The van der Waals surface area contributed by atoms with Gasteiger partial charge in [0.1, 0.15) is 0 Å². The van der Waals surface area contributed by atoms with Crippen molar-refractivity contribution >= 4 is 35.8 Å². The molecule has 0 unspecified atom stereocenters. The van der Waals surface area contributed by atoms with E-state index < -0.39 is 0 Å². The fourth-order valence-electron chi connectivity index (χ4n) is 4.12. The van der Waals surface area contributed by atoms with Crippen molar-refractivity contribution in [3.05, 3.63) is 59.5 Å². The lowest BCUT2D eigenvalue weighted by atomic mass is 9.92. The second-order valence-corrected chi connectivity index (χ2v) is 7.75. The molecule has 1 saturated carbocycles. The number of guanidine groups is 1. The lowest BCUT2D eigenvalue weighted by molar-refractivity contribution is 0.0657. The Morgan fingerprint density at radius 2 is 1.79 bits per heavy atom. The van der Waals surface area contributed by atoms with Gasteiger partial charge in [0.2, 0.25) is 0 Å². The first-order chi connectivity index (χ1) is 13.6. The van der Waals surface area contributed by atoms with Crippen LogP contribution in [0, 0.1) is 6.92 Å². The Balaban J connectivity index is 0.00000240. The van der Waals surface area contributed by atoms with Crippen molar-refractivity contribution in [3.63, 3.8) is 0 Å². The molecule has 156 valence electrons. The number of aryl methyl sites for hydroxylation is 1. The number of nitrogens with zero attached hydrogens (tertiary/aromatic N) is 3. The number of carbonyl (C=O) groups is 1. The minimum absolute atomic E-state index is 0. The molecule has 2 aromatic rings. The van der Waals surface area contributed by atoms with Crippen LogP contribution in [0.1, 0.15) is 34.5 Å². The van der Waals surface area contributed by atoms with Crippen molar-refractivity contribution < 1.29 is 9.21 Å². The molecule has 29 heavy (non-hydrogen) atoms. The Labute approximate surface area is 189 Å². The van der Waals surface area contributed by atoms with Gasteiger partial charge in [0.25, 0.3) is 5.91 Å². The molecule has 1 aliphatic carbocycles. The van der Waals surface area contributed by atoms with E-state index in [1.165, 1.54) is 30.2 Å². The molecule has 0 bridgehead atoms. The molecule has 6 nitrogen and oxygen atoms in total. The SMILES string of the molecule is CN=C(NCC1(c2ccccc2C)CC1)N1CCN(C(=O)c2ccco2)CC1.I. The van der Waals surface area contributed by atoms with Gasteiger partial charge in [-0.2, -0.15) is 0 Å². The number of amides is 1. The first kappa shape index (κ1) is 21.7. The maximum atomic E-state index is 12.4. The molecule has 7 heteroatoms. The summed E-state index contributed by atoms with van der Waals surface area (Å²) < 4.78 is 5.24. The lowest BCUT2D eigenvalue weighted by Gasteiger charge is -2.36. The van der Waals surface area contributed by atoms with Gasteiger partial charge in [-0.15, -0.1) is 24.0 Å². The number of rotatable bonds is 4. The van der Waals surface area contributed by atoms with E-state index in [-0.39, 0.29) is 35.3 Å². The molecule has 0 radical (unpaired) electrons. The van der Waals surface area contributed by atoms with E-state index in [2.05, 4.69) is 46.4 Å². The standard InChI is InChI=1S/C22H28N4O2.HI/c1-17-6-3-4-7-18(17)22(9-10-22)16-24-21(23-2)26-13-11-25(12-14-26)20(27)19-8-5-15-28-19;/h3-8,15H,9-14,16H2,1-2H3,(H,23,24);1H. The van der Waals surface area contributed by atoms with Crippen LogP contribution in [0.15, 0.2) is 52.1 Å². The van der Waals surface area contributed by atoms with Crippen LogP contribution < -0.4 is 5.32 Å². The first-order valence-corrected chi connectivity index (χ1v) is 9.97. The molecular formula is C22H29IN4O2. The van der Waals surface area contributed by atoms with Crippen molar-refractivity contribution in [1.29, 1.82) is 0 Å². The van der Waals surface area contributed by atoms with Gasteiger partial charge in [-0.1, -0.05) is 24.3 Å². The Bertz CT molecular complexity index is 853. The molecule has 1 saturated heterocycles. The minimum atomic E-state index is -0.0379. The summed E-state index contributed by atoms with van der Waals surface area (Å²) in [5.41, 5.74) is 3.05. The smallest absolute Gasteiger partial charge is 0.289 e. The van der Waals surface area contributed by atoms with E-state index in [4.69, 9.17) is 4.42 Å². The third kappa shape index (κ3) is 4.60. The monoisotopic (exact) mass is 508 g/mol. The summed E-state index contributed by atoms with van der Waals surface area (Å²) in [6.07, 6.45) is 3.97. The quantitative estimate of drug-likeness (QED) is 0.392. The molecule has 1 N–H and O–H groups in total. The van der Waals surface area contributed by atoms with E-state index in [9.17, 15) is 4.79 Å². The van der Waals surface area contributed by atoms with Crippen molar-refractivity contribution in [2.75, 3.05) is 39.8 Å². The maximum Gasteiger partial charge on any atom is 0.289 e. The topological polar surface area (TPSA) is 61.1 Å². The third-order valence-electron chi connectivity index (χ3n) is 5.97. The van der Waals surface area contributed by atoms with E-state index in [1.807, 2.05) is 11.9 Å². The summed E-state index contributed by atoms with van der Waals surface area (Å²) in [5.74, 6) is 1.29. The number of aliphatic imine (C=N–C) groups is 1. The molecule has 0 atom stereocenters.